The summed E-state index contributed by atoms with van der Waals surface area (Å²) in [6.07, 6.45) is 4.49. The van der Waals surface area contributed by atoms with E-state index in [1.807, 2.05) is 53.4 Å². The molecule has 0 N–H and O–H groups in total. The van der Waals surface area contributed by atoms with Crippen molar-refractivity contribution in [1.29, 1.82) is 0 Å². The largest absolute Gasteiger partial charge is 0.467 e. The van der Waals surface area contributed by atoms with Crippen LogP contribution in [0.5, 0.6) is 0 Å². The number of rotatable bonds is 9. The third-order valence-corrected chi connectivity index (χ3v) is 5.90. The van der Waals surface area contributed by atoms with Crippen LogP contribution in [0.3, 0.4) is 0 Å². The van der Waals surface area contributed by atoms with E-state index in [0.717, 1.165) is 30.0 Å². The molecule has 4 rings (SSSR count). The van der Waals surface area contributed by atoms with Gasteiger partial charge in [-0.2, -0.15) is 0 Å². The number of nitrogens with zero attached hydrogens (tertiary/aromatic N) is 2. The zero-order chi connectivity index (χ0) is 22.3. The maximum absolute atomic E-state index is 13.7. The molecular weight excluding hydrogens is 396 g/mol. The monoisotopic (exact) mass is 426 g/mol. The number of carbonyl (C=O) groups is 1. The molecular formula is C28H30N2O2. The number of carbonyl (C=O) groups excluding carboxylic acids is 1. The summed E-state index contributed by atoms with van der Waals surface area (Å²) in [5, 5.41) is 0. The Morgan fingerprint density at radius 2 is 1.72 bits per heavy atom. The third-order valence-electron chi connectivity index (χ3n) is 5.90. The highest BCUT2D eigenvalue weighted by atomic mass is 16.3. The van der Waals surface area contributed by atoms with Gasteiger partial charge in [-0.3, -0.25) is 4.79 Å². The number of amides is 1. The summed E-state index contributed by atoms with van der Waals surface area (Å²) in [7, 11) is 0. The van der Waals surface area contributed by atoms with Gasteiger partial charge in [0.25, 0.3) is 0 Å². The van der Waals surface area contributed by atoms with Gasteiger partial charge in [0.2, 0.25) is 5.91 Å². The fourth-order valence-corrected chi connectivity index (χ4v) is 4.09. The van der Waals surface area contributed by atoms with Crippen molar-refractivity contribution in [2.45, 2.75) is 45.8 Å². The molecule has 164 valence electrons. The molecule has 2 heterocycles. The molecule has 1 atom stereocenters. The Kier molecular flexibility index (Phi) is 6.90. The number of furan rings is 1. The standard InChI is InChI=1S/C28H30N2O2/c1-3-27(24-9-5-4-6-10-24)28(31)30(21-26-12-8-18-32-26)20-25-11-7-17-29(25)19-23-15-13-22(2)14-16-23/h4-18,27H,3,19-21H2,1-2H3/t27-/m1/s1. The number of benzene rings is 2. The van der Waals surface area contributed by atoms with E-state index in [4.69, 9.17) is 4.42 Å². The molecule has 4 heteroatoms. The van der Waals surface area contributed by atoms with Gasteiger partial charge >= 0.3 is 0 Å². The summed E-state index contributed by atoms with van der Waals surface area (Å²) < 4.78 is 7.81. The number of aryl methyl sites for hydroxylation is 1. The molecule has 0 aliphatic heterocycles. The second-order valence-corrected chi connectivity index (χ2v) is 8.26. The molecule has 0 bridgehead atoms. The molecule has 4 aromatic rings. The normalized spacial score (nSPS) is 11.9. The molecule has 0 aliphatic carbocycles. The fourth-order valence-electron chi connectivity index (χ4n) is 4.09. The lowest BCUT2D eigenvalue weighted by Gasteiger charge is -2.27. The van der Waals surface area contributed by atoms with Gasteiger partial charge in [0.05, 0.1) is 25.3 Å². The molecule has 4 nitrogen and oxygen atoms in total. The zero-order valence-electron chi connectivity index (χ0n) is 18.8. The van der Waals surface area contributed by atoms with E-state index in [9.17, 15) is 4.79 Å². The van der Waals surface area contributed by atoms with E-state index < -0.39 is 0 Å². The highest BCUT2D eigenvalue weighted by Gasteiger charge is 2.26. The summed E-state index contributed by atoms with van der Waals surface area (Å²) >= 11 is 0. The summed E-state index contributed by atoms with van der Waals surface area (Å²) in [4.78, 5) is 15.6. The quantitative estimate of drug-likeness (QED) is 0.321. The average Bonchev–Trinajstić information content (AvgIpc) is 3.48. The number of hydrogen-bond donors (Lipinski definition) is 0. The van der Waals surface area contributed by atoms with Crippen molar-refractivity contribution >= 4 is 5.91 Å². The minimum Gasteiger partial charge on any atom is -0.467 e. The van der Waals surface area contributed by atoms with Crippen LogP contribution in [0.4, 0.5) is 0 Å². The first-order valence-corrected chi connectivity index (χ1v) is 11.2. The smallest absolute Gasteiger partial charge is 0.230 e. The van der Waals surface area contributed by atoms with E-state index in [0.29, 0.717) is 13.1 Å². The van der Waals surface area contributed by atoms with Gasteiger partial charge in [-0.1, -0.05) is 67.1 Å². The van der Waals surface area contributed by atoms with Gasteiger partial charge < -0.3 is 13.9 Å². The average molecular weight is 427 g/mol. The molecule has 0 saturated carbocycles. The second kappa shape index (κ2) is 10.2. The van der Waals surface area contributed by atoms with Gasteiger partial charge in [0, 0.05) is 18.4 Å². The zero-order valence-corrected chi connectivity index (χ0v) is 18.8. The lowest BCUT2D eigenvalue weighted by atomic mass is 9.95. The van der Waals surface area contributed by atoms with Crippen LogP contribution in [-0.2, 0) is 24.4 Å². The van der Waals surface area contributed by atoms with Gasteiger partial charge in [-0.15, -0.1) is 0 Å². The first kappa shape index (κ1) is 21.7. The molecule has 0 fully saturated rings. The van der Waals surface area contributed by atoms with E-state index in [1.165, 1.54) is 11.1 Å². The Balaban J connectivity index is 1.58. The molecule has 2 aromatic heterocycles. The number of hydrogen-bond acceptors (Lipinski definition) is 2. The van der Waals surface area contributed by atoms with Gasteiger partial charge in [-0.25, -0.2) is 0 Å². The molecule has 1 amide bonds. The van der Waals surface area contributed by atoms with Gasteiger partial charge in [0.15, 0.2) is 0 Å². The molecule has 0 saturated heterocycles. The van der Waals surface area contributed by atoms with E-state index >= 15 is 0 Å². The van der Waals surface area contributed by atoms with Crippen molar-refractivity contribution in [3.63, 3.8) is 0 Å². The maximum Gasteiger partial charge on any atom is 0.230 e. The van der Waals surface area contributed by atoms with Crippen LogP contribution in [-0.4, -0.2) is 15.4 Å². The summed E-state index contributed by atoms with van der Waals surface area (Å²) in [5.41, 5.74) is 4.66. The van der Waals surface area contributed by atoms with Crippen molar-refractivity contribution < 1.29 is 9.21 Å². The van der Waals surface area contributed by atoms with E-state index in [-0.39, 0.29) is 11.8 Å². The molecule has 0 radical (unpaired) electrons. The summed E-state index contributed by atoms with van der Waals surface area (Å²) in [6.45, 7) is 5.93. The van der Waals surface area contributed by atoms with Gasteiger partial charge in [0.1, 0.15) is 5.76 Å². The van der Waals surface area contributed by atoms with Crippen molar-refractivity contribution in [1.82, 2.24) is 9.47 Å². The van der Waals surface area contributed by atoms with E-state index in [2.05, 4.69) is 54.9 Å². The third kappa shape index (κ3) is 5.20. The summed E-state index contributed by atoms with van der Waals surface area (Å²) in [6, 6.07) is 26.6. The second-order valence-electron chi connectivity index (χ2n) is 8.26. The van der Waals surface area contributed by atoms with Crippen LogP contribution in [0, 0.1) is 6.92 Å². The Morgan fingerprint density at radius 3 is 2.41 bits per heavy atom. The fraction of sp³-hybridized carbons (Fsp3) is 0.250. The Morgan fingerprint density at radius 1 is 0.938 bits per heavy atom. The molecule has 32 heavy (non-hydrogen) atoms. The molecule has 0 aliphatic rings. The van der Waals surface area contributed by atoms with Crippen LogP contribution >= 0.6 is 0 Å². The Hall–Kier alpha value is -3.53. The van der Waals surface area contributed by atoms with Gasteiger partial charge in [-0.05, 0) is 48.7 Å². The van der Waals surface area contributed by atoms with Crippen LogP contribution in [0.25, 0.3) is 0 Å². The van der Waals surface area contributed by atoms with Crippen LogP contribution in [0.2, 0.25) is 0 Å². The van der Waals surface area contributed by atoms with Crippen LogP contribution < -0.4 is 0 Å². The lowest BCUT2D eigenvalue weighted by Crippen LogP contribution is -2.34. The topological polar surface area (TPSA) is 38.4 Å². The molecule has 0 unspecified atom stereocenters. The highest BCUT2D eigenvalue weighted by molar-refractivity contribution is 5.83. The Bertz CT molecular complexity index is 1110. The maximum atomic E-state index is 13.7. The van der Waals surface area contributed by atoms with Crippen molar-refractivity contribution in [2.75, 3.05) is 0 Å². The van der Waals surface area contributed by atoms with Crippen LogP contribution in [0.15, 0.2) is 95.7 Å². The first-order valence-electron chi connectivity index (χ1n) is 11.2. The SMILES string of the molecule is CC[C@@H](C(=O)N(Cc1ccco1)Cc1cccn1Cc1ccc(C)cc1)c1ccccc1. The predicted molar refractivity (Wildman–Crippen MR) is 127 cm³/mol. The van der Waals surface area contributed by atoms with Crippen molar-refractivity contribution in [3.05, 3.63) is 119 Å². The summed E-state index contributed by atoms with van der Waals surface area (Å²) in [5.74, 6) is 0.739. The first-order chi connectivity index (χ1) is 15.6. The number of aromatic nitrogens is 1. The molecule has 0 spiro atoms. The van der Waals surface area contributed by atoms with E-state index in [1.54, 1.807) is 6.26 Å². The highest BCUT2D eigenvalue weighted by Crippen LogP contribution is 2.25. The Labute approximate surface area is 190 Å². The minimum atomic E-state index is -0.174. The van der Waals surface area contributed by atoms with Crippen LogP contribution in [0.1, 0.15) is 47.4 Å². The minimum absolute atomic E-state index is 0.123. The molecule has 2 aromatic carbocycles. The lowest BCUT2D eigenvalue weighted by molar-refractivity contribution is -0.134. The predicted octanol–water partition coefficient (Wildman–Crippen LogP) is 6.16. The van der Waals surface area contributed by atoms with Crippen molar-refractivity contribution in [3.8, 4) is 0 Å². The van der Waals surface area contributed by atoms with Crippen molar-refractivity contribution in [2.24, 2.45) is 0 Å².